The average molecular weight is 294 g/mol. The normalized spacial score (nSPS) is 12.0. The minimum atomic E-state index is -1.18. The van der Waals surface area contributed by atoms with Crippen molar-refractivity contribution in [2.24, 2.45) is 0 Å². The van der Waals surface area contributed by atoms with E-state index in [-0.39, 0.29) is 28.9 Å². The Morgan fingerprint density at radius 2 is 1.95 bits per heavy atom. The first kappa shape index (κ1) is 16.8. The number of anilines is 1. The van der Waals surface area contributed by atoms with E-state index in [0.717, 1.165) is 12.8 Å². The van der Waals surface area contributed by atoms with Crippen molar-refractivity contribution in [1.82, 2.24) is 5.32 Å². The number of nitrogen functional groups attached to an aromatic ring is 1. The smallest absolute Gasteiger partial charge is 0.341 e. The molecular formula is C15H22N2O4. The Labute approximate surface area is 124 Å². The maximum atomic E-state index is 12.0. The first-order valence-electron chi connectivity index (χ1n) is 6.99. The zero-order chi connectivity index (χ0) is 16.0. The maximum Gasteiger partial charge on any atom is 0.341 e. The van der Waals surface area contributed by atoms with Gasteiger partial charge in [0.2, 0.25) is 0 Å². The van der Waals surface area contributed by atoms with Crippen LogP contribution >= 0.6 is 0 Å². The molecule has 0 bridgehead atoms. The molecule has 6 nitrogen and oxygen atoms in total. The summed E-state index contributed by atoms with van der Waals surface area (Å²) in [7, 11) is 0. The molecular weight excluding hydrogens is 272 g/mol. The van der Waals surface area contributed by atoms with E-state index < -0.39 is 12.1 Å². The molecule has 1 aromatic carbocycles. The van der Waals surface area contributed by atoms with Crippen LogP contribution in [-0.4, -0.2) is 29.1 Å². The van der Waals surface area contributed by atoms with Crippen LogP contribution in [0.2, 0.25) is 0 Å². The molecule has 1 amide bonds. The van der Waals surface area contributed by atoms with Gasteiger partial charge in [0.25, 0.3) is 5.91 Å². The van der Waals surface area contributed by atoms with E-state index in [0.29, 0.717) is 0 Å². The number of hydrogen-bond acceptors (Lipinski definition) is 4. The Hall–Kier alpha value is -2.24. The molecule has 1 aromatic rings. The van der Waals surface area contributed by atoms with E-state index in [2.05, 4.69) is 5.32 Å². The second-order valence-corrected chi connectivity index (χ2v) is 4.81. The number of carbonyl (C=O) groups excluding carboxylic acids is 1. The van der Waals surface area contributed by atoms with Crippen LogP contribution in [0.25, 0.3) is 0 Å². The highest BCUT2D eigenvalue weighted by molar-refractivity contribution is 5.97. The van der Waals surface area contributed by atoms with Gasteiger partial charge in [0, 0.05) is 11.7 Å². The number of carboxylic acid groups (broad SMARTS) is 1. The third-order valence-electron chi connectivity index (χ3n) is 3.28. The summed E-state index contributed by atoms with van der Waals surface area (Å²) in [6.45, 7) is 5.55. The van der Waals surface area contributed by atoms with Crippen LogP contribution in [0.3, 0.4) is 0 Å². The summed E-state index contributed by atoms with van der Waals surface area (Å²) in [5, 5.41) is 12.0. The van der Waals surface area contributed by atoms with Crippen molar-refractivity contribution in [3.63, 3.8) is 0 Å². The van der Waals surface area contributed by atoms with Crippen LogP contribution < -0.4 is 15.8 Å². The molecule has 0 aliphatic carbocycles. The van der Waals surface area contributed by atoms with Gasteiger partial charge >= 0.3 is 5.97 Å². The monoisotopic (exact) mass is 294 g/mol. The Morgan fingerprint density at radius 3 is 2.48 bits per heavy atom. The van der Waals surface area contributed by atoms with Gasteiger partial charge in [0.15, 0.2) is 6.10 Å². The molecule has 1 unspecified atom stereocenters. The van der Waals surface area contributed by atoms with Crippen molar-refractivity contribution in [2.45, 2.75) is 45.8 Å². The summed E-state index contributed by atoms with van der Waals surface area (Å²) in [5.41, 5.74) is 5.62. The predicted octanol–water partition coefficient (Wildman–Crippen LogP) is 2.04. The van der Waals surface area contributed by atoms with Gasteiger partial charge in [-0.05, 0) is 31.9 Å². The summed E-state index contributed by atoms with van der Waals surface area (Å²) >= 11 is 0. The third kappa shape index (κ3) is 4.37. The van der Waals surface area contributed by atoms with Crippen molar-refractivity contribution in [2.75, 3.05) is 5.73 Å². The molecule has 0 saturated heterocycles. The standard InChI is InChI=1S/C15H22N2O4/c1-4-10(5-2)17-14(18)9(3)21-12-8-6-7-11(16)13(12)15(19)20/h6-10H,4-5,16H2,1-3H3,(H,17,18)(H,19,20). The average Bonchev–Trinajstić information content (AvgIpc) is 2.43. The first-order chi connectivity index (χ1) is 9.90. The molecule has 0 aliphatic heterocycles. The fourth-order valence-corrected chi connectivity index (χ4v) is 1.93. The second kappa shape index (κ2) is 7.52. The van der Waals surface area contributed by atoms with E-state index in [4.69, 9.17) is 15.6 Å². The first-order valence-corrected chi connectivity index (χ1v) is 6.99. The van der Waals surface area contributed by atoms with Crippen LogP contribution in [0.1, 0.15) is 44.0 Å². The van der Waals surface area contributed by atoms with E-state index in [1.807, 2.05) is 13.8 Å². The van der Waals surface area contributed by atoms with Crippen molar-refractivity contribution in [1.29, 1.82) is 0 Å². The summed E-state index contributed by atoms with van der Waals surface area (Å²) in [5.74, 6) is -1.37. The quantitative estimate of drug-likeness (QED) is 0.668. The number of rotatable bonds is 7. The Kier molecular flexibility index (Phi) is 6.02. The fourth-order valence-electron chi connectivity index (χ4n) is 1.93. The number of ether oxygens (including phenoxy) is 1. The lowest BCUT2D eigenvalue weighted by Gasteiger charge is -2.20. The molecule has 21 heavy (non-hydrogen) atoms. The van der Waals surface area contributed by atoms with Gasteiger partial charge in [-0.15, -0.1) is 0 Å². The molecule has 1 atom stereocenters. The summed E-state index contributed by atoms with van der Waals surface area (Å²) in [6.07, 6.45) is 0.854. The molecule has 6 heteroatoms. The van der Waals surface area contributed by atoms with Gasteiger partial charge in [-0.1, -0.05) is 19.9 Å². The number of carbonyl (C=O) groups is 2. The number of benzene rings is 1. The maximum absolute atomic E-state index is 12.0. The highest BCUT2D eigenvalue weighted by Crippen LogP contribution is 2.25. The largest absolute Gasteiger partial charge is 0.480 e. The second-order valence-electron chi connectivity index (χ2n) is 4.81. The van der Waals surface area contributed by atoms with Gasteiger partial charge in [0.05, 0.1) is 0 Å². The predicted molar refractivity (Wildman–Crippen MR) is 80.4 cm³/mol. The Balaban J connectivity index is 2.84. The summed E-state index contributed by atoms with van der Waals surface area (Å²) < 4.78 is 5.47. The molecule has 0 aromatic heterocycles. The molecule has 4 N–H and O–H groups in total. The zero-order valence-electron chi connectivity index (χ0n) is 12.6. The van der Waals surface area contributed by atoms with Gasteiger partial charge < -0.3 is 20.9 Å². The van der Waals surface area contributed by atoms with Crippen molar-refractivity contribution < 1.29 is 19.4 Å². The molecule has 0 fully saturated rings. The number of nitrogens with two attached hydrogens (primary N) is 1. The zero-order valence-corrected chi connectivity index (χ0v) is 12.6. The highest BCUT2D eigenvalue weighted by atomic mass is 16.5. The van der Waals surface area contributed by atoms with Crippen molar-refractivity contribution in [3.8, 4) is 5.75 Å². The number of amides is 1. The lowest BCUT2D eigenvalue weighted by atomic mass is 10.1. The minimum absolute atomic E-state index is 0.0864. The summed E-state index contributed by atoms with van der Waals surface area (Å²) in [4.78, 5) is 23.2. The molecule has 116 valence electrons. The number of aromatic carboxylic acids is 1. The fraction of sp³-hybridized carbons (Fsp3) is 0.467. The third-order valence-corrected chi connectivity index (χ3v) is 3.28. The molecule has 0 spiro atoms. The van der Waals surface area contributed by atoms with Crippen LogP contribution in [-0.2, 0) is 4.79 Å². The summed E-state index contributed by atoms with van der Waals surface area (Å²) in [6, 6.07) is 4.64. The Morgan fingerprint density at radius 1 is 1.33 bits per heavy atom. The van der Waals surface area contributed by atoms with E-state index >= 15 is 0 Å². The molecule has 0 radical (unpaired) electrons. The lowest BCUT2D eigenvalue weighted by Crippen LogP contribution is -2.42. The van der Waals surface area contributed by atoms with E-state index in [1.165, 1.54) is 12.1 Å². The minimum Gasteiger partial charge on any atom is -0.480 e. The van der Waals surface area contributed by atoms with Crippen molar-refractivity contribution in [3.05, 3.63) is 23.8 Å². The van der Waals surface area contributed by atoms with E-state index in [1.54, 1.807) is 13.0 Å². The van der Waals surface area contributed by atoms with Gasteiger partial charge in [-0.2, -0.15) is 0 Å². The Bertz CT molecular complexity index is 512. The molecule has 0 saturated carbocycles. The van der Waals surface area contributed by atoms with Gasteiger partial charge in [-0.25, -0.2) is 4.79 Å². The van der Waals surface area contributed by atoms with Crippen LogP contribution in [0.5, 0.6) is 5.75 Å². The molecule has 0 aliphatic rings. The van der Waals surface area contributed by atoms with Gasteiger partial charge in [-0.3, -0.25) is 4.79 Å². The lowest BCUT2D eigenvalue weighted by molar-refractivity contribution is -0.128. The number of nitrogens with one attached hydrogen (secondary N) is 1. The van der Waals surface area contributed by atoms with Crippen LogP contribution in [0.4, 0.5) is 5.69 Å². The van der Waals surface area contributed by atoms with Crippen LogP contribution in [0.15, 0.2) is 18.2 Å². The number of hydrogen-bond donors (Lipinski definition) is 3. The SMILES string of the molecule is CCC(CC)NC(=O)C(C)Oc1cccc(N)c1C(=O)O. The highest BCUT2D eigenvalue weighted by Gasteiger charge is 2.21. The van der Waals surface area contributed by atoms with E-state index in [9.17, 15) is 9.59 Å². The molecule has 1 rings (SSSR count). The van der Waals surface area contributed by atoms with Crippen LogP contribution in [0, 0.1) is 0 Å². The molecule has 0 heterocycles. The topological polar surface area (TPSA) is 102 Å². The van der Waals surface area contributed by atoms with Gasteiger partial charge in [0.1, 0.15) is 11.3 Å². The number of carboxylic acids is 1. The van der Waals surface area contributed by atoms with Crippen molar-refractivity contribution >= 4 is 17.6 Å².